The molecule has 0 aliphatic rings. The fourth-order valence-electron chi connectivity index (χ4n) is 1.11. The van der Waals surface area contributed by atoms with Crippen LogP contribution in [0, 0.1) is 0 Å². The minimum absolute atomic E-state index is 0.513. The molecule has 0 rings (SSSR count). The van der Waals surface area contributed by atoms with Crippen LogP contribution in [0.25, 0.3) is 0 Å². The van der Waals surface area contributed by atoms with Crippen molar-refractivity contribution < 1.29 is 14.3 Å². The Morgan fingerprint density at radius 3 is 2.47 bits per heavy atom. The van der Waals surface area contributed by atoms with E-state index in [9.17, 15) is 9.59 Å². The van der Waals surface area contributed by atoms with Gasteiger partial charge in [-0.2, -0.15) is 0 Å². The van der Waals surface area contributed by atoms with E-state index in [0.717, 1.165) is 27.7 Å². The highest BCUT2D eigenvalue weighted by Gasteiger charge is 2.01. The summed E-state index contributed by atoms with van der Waals surface area (Å²) in [4.78, 5) is 24.3. The van der Waals surface area contributed by atoms with Gasteiger partial charge in [0.25, 0.3) is 0 Å². The van der Waals surface area contributed by atoms with Gasteiger partial charge in [-0.15, -0.1) is 8.58 Å². The van der Waals surface area contributed by atoms with Crippen molar-refractivity contribution in [1.82, 2.24) is 9.80 Å². The summed E-state index contributed by atoms with van der Waals surface area (Å²) in [5, 5.41) is 0. The van der Waals surface area contributed by atoms with E-state index >= 15 is 0 Å². The van der Waals surface area contributed by atoms with Gasteiger partial charge in [0.2, 0.25) is 12.8 Å². The molecule has 17 heavy (non-hydrogen) atoms. The van der Waals surface area contributed by atoms with E-state index in [0.29, 0.717) is 26.3 Å². The van der Waals surface area contributed by atoms with E-state index in [-0.39, 0.29) is 0 Å². The molecule has 0 aliphatic carbocycles. The topological polar surface area (TPSA) is 49.9 Å². The van der Waals surface area contributed by atoms with Gasteiger partial charge in [0.1, 0.15) is 0 Å². The summed E-state index contributed by atoms with van der Waals surface area (Å²) in [5.74, 6) is 0. The summed E-state index contributed by atoms with van der Waals surface area (Å²) in [6.07, 6.45) is 4.82. The average molecular weight is 262 g/mol. The van der Waals surface area contributed by atoms with E-state index in [1.807, 2.05) is 0 Å². The van der Waals surface area contributed by atoms with E-state index in [1.165, 1.54) is 17.5 Å². The van der Waals surface area contributed by atoms with E-state index < -0.39 is 0 Å². The highest BCUT2D eigenvalue weighted by Crippen LogP contribution is 2.11. The fraction of sp³-hybridized carbons (Fsp3) is 0.818. The van der Waals surface area contributed by atoms with Crippen LogP contribution in [0.3, 0.4) is 0 Å². The second kappa shape index (κ2) is 11.8. The van der Waals surface area contributed by atoms with Gasteiger partial charge in [-0.3, -0.25) is 9.59 Å². The third kappa shape index (κ3) is 10.2. The Hall–Kier alpha value is -0.670. The van der Waals surface area contributed by atoms with E-state index in [1.54, 1.807) is 11.9 Å². The number of ether oxygens (including phenoxy) is 1. The summed E-state index contributed by atoms with van der Waals surface area (Å²) in [6.45, 7) is 4.40. The van der Waals surface area contributed by atoms with Crippen molar-refractivity contribution in [3.63, 3.8) is 0 Å². The van der Waals surface area contributed by atoms with Crippen molar-refractivity contribution in [2.75, 3.05) is 45.8 Å². The predicted octanol–water partition coefficient (Wildman–Crippen LogP) is 0.596. The third-order valence-electron chi connectivity index (χ3n) is 2.18. The molecule has 1 unspecified atom stereocenters. The highest BCUT2D eigenvalue weighted by atomic mass is 31.1. The smallest absolute Gasteiger partial charge is 0.210 e. The molecular weight excluding hydrogens is 239 g/mol. The molecule has 0 saturated carbocycles. The quantitative estimate of drug-likeness (QED) is 0.294. The van der Waals surface area contributed by atoms with Gasteiger partial charge in [-0.1, -0.05) is 13.3 Å². The number of carbonyl (C=O) groups excluding carboxylic acids is 2. The molecule has 100 valence electrons. The maximum absolute atomic E-state index is 10.7. The molecule has 0 radical (unpaired) electrons. The summed E-state index contributed by atoms with van der Waals surface area (Å²) in [5.41, 5.74) is 0. The zero-order valence-corrected chi connectivity index (χ0v) is 11.7. The zero-order chi connectivity index (χ0) is 12.9. The summed E-state index contributed by atoms with van der Waals surface area (Å²) in [6, 6.07) is 0. The first-order valence-corrected chi connectivity index (χ1v) is 7.29. The Morgan fingerprint density at radius 1 is 1.18 bits per heavy atom. The lowest BCUT2D eigenvalue weighted by Gasteiger charge is -2.17. The normalized spacial score (nSPS) is 10.7. The van der Waals surface area contributed by atoms with Crippen LogP contribution in [-0.4, -0.2) is 68.4 Å². The Morgan fingerprint density at radius 2 is 1.88 bits per heavy atom. The average Bonchev–Trinajstić information content (AvgIpc) is 2.36. The van der Waals surface area contributed by atoms with Crippen molar-refractivity contribution >= 4 is 21.4 Å². The number of hydrogen-bond donors (Lipinski definition) is 0. The van der Waals surface area contributed by atoms with Crippen molar-refractivity contribution in [1.29, 1.82) is 0 Å². The monoisotopic (exact) mass is 262 g/mol. The van der Waals surface area contributed by atoms with E-state index in [2.05, 4.69) is 6.92 Å². The Kier molecular flexibility index (Phi) is 11.3. The summed E-state index contributed by atoms with van der Waals surface area (Å²) in [7, 11) is 2.52. The minimum Gasteiger partial charge on any atom is -0.378 e. The Bertz CT molecular complexity index is 205. The van der Waals surface area contributed by atoms with Gasteiger partial charge in [0.15, 0.2) is 0 Å². The third-order valence-corrected chi connectivity index (χ3v) is 3.67. The number of nitrogens with zero attached hydrogens (tertiary/aromatic N) is 2. The van der Waals surface area contributed by atoms with Crippen molar-refractivity contribution in [2.45, 2.75) is 13.3 Å². The second-order valence-corrected chi connectivity index (χ2v) is 5.09. The van der Waals surface area contributed by atoms with Crippen molar-refractivity contribution in [3.8, 4) is 0 Å². The van der Waals surface area contributed by atoms with Crippen LogP contribution in [0.1, 0.15) is 13.3 Å². The number of likely N-dealkylation sites (N-methyl/N-ethyl adjacent to an activating group) is 1. The Labute approximate surface area is 105 Å². The van der Waals surface area contributed by atoms with E-state index in [4.69, 9.17) is 4.74 Å². The maximum atomic E-state index is 10.7. The fourth-order valence-corrected chi connectivity index (χ4v) is 2.15. The molecule has 0 aromatic carbocycles. The molecule has 0 fully saturated rings. The molecule has 0 heterocycles. The summed E-state index contributed by atoms with van der Waals surface area (Å²) < 4.78 is 5.35. The predicted molar refractivity (Wildman–Crippen MR) is 70.6 cm³/mol. The molecule has 0 saturated heterocycles. The van der Waals surface area contributed by atoms with Gasteiger partial charge in [0, 0.05) is 26.4 Å². The van der Waals surface area contributed by atoms with Crippen LogP contribution in [0.2, 0.25) is 0 Å². The van der Waals surface area contributed by atoms with Crippen molar-refractivity contribution in [2.24, 2.45) is 0 Å². The number of rotatable bonds is 12. The zero-order valence-electron chi connectivity index (χ0n) is 10.7. The van der Waals surface area contributed by atoms with Crippen LogP contribution in [0.5, 0.6) is 0 Å². The maximum Gasteiger partial charge on any atom is 0.210 e. The molecule has 2 amide bonds. The molecule has 0 aromatic heterocycles. The van der Waals surface area contributed by atoms with Gasteiger partial charge < -0.3 is 14.5 Å². The van der Waals surface area contributed by atoms with Crippen LogP contribution in [0.4, 0.5) is 0 Å². The van der Waals surface area contributed by atoms with Crippen LogP contribution in [0.15, 0.2) is 0 Å². The van der Waals surface area contributed by atoms with Crippen LogP contribution >= 0.6 is 8.58 Å². The first-order valence-electron chi connectivity index (χ1n) is 5.88. The van der Waals surface area contributed by atoms with Crippen molar-refractivity contribution in [3.05, 3.63) is 0 Å². The molecule has 0 aromatic rings. The number of carbonyl (C=O) groups is 2. The largest absolute Gasteiger partial charge is 0.378 e. The van der Waals surface area contributed by atoms with Crippen LogP contribution < -0.4 is 0 Å². The highest BCUT2D eigenvalue weighted by molar-refractivity contribution is 7.37. The lowest BCUT2D eigenvalue weighted by molar-refractivity contribution is -0.118. The number of amides is 2. The molecular formula is C11H23N2O3P. The molecule has 0 N–H and O–H groups in total. The lowest BCUT2D eigenvalue weighted by Crippen LogP contribution is -2.27. The Balaban J connectivity index is 3.42. The molecule has 5 nitrogen and oxygen atoms in total. The van der Waals surface area contributed by atoms with Gasteiger partial charge in [0.05, 0.1) is 13.2 Å². The van der Waals surface area contributed by atoms with Gasteiger partial charge in [-0.05, 0) is 6.16 Å². The van der Waals surface area contributed by atoms with Gasteiger partial charge >= 0.3 is 0 Å². The molecule has 6 heteroatoms. The van der Waals surface area contributed by atoms with Crippen LogP contribution in [-0.2, 0) is 14.3 Å². The summed E-state index contributed by atoms with van der Waals surface area (Å²) >= 11 is 0. The molecule has 1 atom stereocenters. The molecule has 0 spiro atoms. The molecule has 0 bridgehead atoms. The first-order chi connectivity index (χ1) is 8.24. The minimum atomic E-state index is 0.513. The van der Waals surface area contributed by atoms with Gasteiger partial charge in [-0.25, -0.2) is 0 Å². The standard InChI is InChI=1S/C11H23N2O3P/c1-3-8-17-11-13(10-15)5-7-16-6-4-12(2)9-14/h9-10,17H,3-8,11H2,1-2H3. The SMILES string of the molecule is CCCPCN(C=O)CCOCCN(C)C=O. The first kappa shape index (κ1) is 16.3. The lowest BCUT2D eigenvalue weighted by atomic mass is 10.6. The number of hydrogen-bond acceptors (Lipinski definition) is 3. The second-order valence-electron chi connectivity index (χ2n) is 3.77. The molecule has 0 aliphatic heterocycles.